The van der Waals surface area contributed by atoms with Crippen molar-refractivity contribution in [2.45, 2.75) is 19.1 Å². The Labute approximate surface area is 140 Å². The average Bonchev–Trinajstić information content (AvgIpc) is 2.60. The van der Waals surface area contributed by atoms with Gasteiger partial charge in [-0.3, -0.25) is 4.98 Å². The smallest absolute Gasteiger partial charge is 0.179 e. The first-order valence-corrected chi connectivity index (χ1v) is 7.93. The van der Waals surface area contributed by atoms with Crippen molar-refractivity contribution in [3.8, 4) is 11.5 Å². The lowest BCUT2D eigenvalue weighted by molar-refractivity contribution is 0.161. The quantitative estimate of drug-likeness (QED) is 0.880. The zero-order valence-electron chi connectivity index (χ0n) is 12.8. The summed E-state index contributed by atoms with van der Waals surface area (Å²) in [6.07, 6.45) is 2.86. The number of ether oxygens (including phenoxy) is 2. The van der Waals surface area contributed by atoms with Crippen molar-refractivity contribution in [2.24, 2.45) is 0 Å². The molecule has 0 bridgehead atoms. The summed E-state index contributed by atoms with van der Waals surface area (Å²) in [5.74, 6) is 1.13. The van der Waals surface area contributed by atoms with Gasteiger partial charge >= 0.3 is 0 Å². The van der Waals surface area contributed by atoms with Crippen molar-refractivity contribution in [3.63, 3.8) is 0 Å². The SMILES string of the molecule is CC(NCC(O)c1cc(Cl)c2c(c1)OCCO2)c1cccnc1. The molecule has 6 heteroatoms. The molecule has 2 unspecified atom stereocenters. The topological polar surface area (TPSA) is 63.6 Å². The normalized spacial score (nSPS) is 16.0. The van der Waals surface area contributed by atoms with Crippen LogP contribution in [0.25, 0.3) is 0 Å². The van der Waals surface area contributed by atoms with E-state index in [9.17, 15) is 5.11 Å². The van der Waals surface area contributed by atoms with E-state index in [-0.39, 0.29) is 6.04 Å². The third kappa shape index (κ3) is 3.75. The first-order chi connectivity index (χ1) is 11.1. The number of aliphatic hydroxyl groups is 1. The number of hydrogen-bond donors (Lipinski definition) is 2. The molecule has 0 amide bonds. The van der Waals surface area contributed by atoms with Crippen molar-refractivity contribution in [3.05, 3.63) is 52.8 Å². The lowest BCUT2D eigenvalue weighted by Gasteiger charge is -2.22. The van der Waals surface area contributed by atoms with Gasteiger partial charge < -0.3 is 19.9 Å². The second kappa shape index (κ2) is 7.17. The largest absolute Gasteiger partial charge is 0.486 e. The fraction of sp³-hybridized carbons (Fsp3) is 0.353. The minimum absolute atomic E-state index is 0.0889. The van der Waals surface area contributed by atoms with Crippen LogP contribution in [0.15, 0.2) is 36.7 Å². The van der Waals surface area contributed by atoms with Gasteiger partial charge in [0.1, 0.15) is 13.2 Å². The molecule has 122 valence electrons. The highest BCUT2D eigenvalue weighted by Gasteiger charge is 2.20. The maximum Gasteiger partial charge on any atom is 0.179 e. The molecule has 2 heterocycles. The average molecular weight is 335 g/mol. The molecule has 2 N–H and O–H groups in total. The Kier molecular flexibility index (Phi) is 5.00. The van der Waals surface area contributed by atoms with Crippen LogP contribution in [0.3, 0.4) is 0 Å². The Morgan fingerprint density at radius 1 is 1.30 bits per heavy atom. The van der Waals surface area contributed by atoms with Gasteiger partial charge in [0.15, 0.2) is 11.5 Å². The van der Waals surface area contributed by atoms with Gasteiger partial charge in [-0.05, 0) is 36.2 Å². The molecule has 2 atom stereocenters. The van der Waals surface area contributed by atoms with Crippen LogP contribution in [0.2, 0.25) is 5.02 Å². The maximum absolute atomic E-state index is 10.4. The number of benzene rings is 1. The first kappa shape index (κ1) is 16.1. The monoisotopic (exact) mass is 334 g/mol. The van der Waals surface area contributed by atoms with Crippen LogP contribution in [-0.4, -0.2) is 29.8 Å². The summed E-state index contributed by atoms with van der Waals surface area (Å²) >= 11 is 6.21. The fourth-order valence-electron chi connectivity index (χ4n) is 2.48. The Balaban J connectivity index is 1.66. The molecular formula is C17H19ClN2O3. The molecule has 1 aromatic heterocycles. The predicted octanol–water partition coefficient (Wildman–Crippen LogP) is 2.89. The number of nitrogens with one attached hydrogen (secondary N) is 1. The molecule has 0 fully saturated rings. The third-order valence-corrected chi connectivity index (χ3v) is 4.09. The van der Waals surface area contributed by atoms with Crippen LogP contribution >= 0.6 is 11.6 Å². The van der Waals surface area contributed by atoms with E-state index in [1.54, 1.807) is 18.3 Å². The second-order valence-corrected chi connectivity index (χ2v) is 5.87. The highest BCUT2D eigenvalue weighted by Crippen LogP contribution is 2.39. The number of hydrogen-bond acceptors (Lipinski definition) is 5. The molecule has 0 saturated heterocycles. The summed E-state index contributed by atoms with van der Waals surface area (Å²) in [5, 5.41) is 14.2. The van der Waals surface area contributed by atoms with Crippen molar-refractivity contribution >= 4 is 11.6 Å². The Hall–Kier alpha value is -1.82. The van der Waals surface area contributed by atoms with Crippen LogP contribution in [0.4, 0.5) is 0 Å². The first-order valence-electron chi connectivity index (χ1n) is 7.55. The molecule has 1 aliphatic rings. The number of fused-ring (bicyclic) bond motifs is 1. The van der Waals surface area contributed by atoms with Gasteiger partial charge in [0, 0.05) is 25.0 Å². The predicted molar refractivity (Wildman–Crippen MR) is 88.1 cm³/mol. The zero-order valence-corrected chi connectivity index (χ0v) is 13.6. The minimum Gasteiger partial charge on any atom is -0.486 e. The molecule has 0 aliphatic carbocycles. The molecule has 1 aromatic carbocycles. The van der Waals surface area contributed by atoms with Crippen molar-refractivity contribution < 1.29 is 14.6 Å². The van der Waals surface area contributed by atoms with Gasteiger partial charge in [-0.15, -0.1) is 0 Å². The zero-order chi connectivity index (χ0) is 16.2. The van der Waals surface area contributed by atoms with E-state index in [0.29, 0.717) is 41.8 Å². The van der Waals surface area contributed by atoms with Crippen molar-refractivity contribution in [2.75, 3.05) is 19.8 Å². The standard InChI is InChI=1S/C17H19ClN2O3/c1-11(12-3-2-4-19-9-12)20-10-15(21)13-7-14(18)17-16(8-13)22-5-6-23-17/h2-4,7-9,11,15,20-21H,5-6,10H2,1H3. The Morgan fingerprint density at radius 3 is 2.91 bits per heavy atom. The summed E-state index contributed by atoms with van der Waals surface area (Å²) < 4.78 is 11.0. The number of halogens is 1. The Bertz CT molecular complexity index is 666. The number of aromatic nitrogens is 1. The van der Waals surface area contributed by atoms with E-state index in [2.05, 4.69) is 10.3 Å². The minimum atomic E-state index is -0.692. The summed E-state index contributed by atoms with van der Waals surface area (Å²) in [6.45, 7) is 3.39. The molecule has 2 aromatic rings. The molecule has 23 heavy (non-hydrogen) atoms. The third-order valence-electron chi connectivity index (χ3n) is 3.81. The maximum atomic E-state index is 10.4. The van der Waals surface area contributed by atoms with Crippen LogP contribution in [0, 0.1) is 0 Å². The molecular weight excluding hydrogens is 316 g/mol. The van der Waals surface area contributed by atoms with Crippen molar-refractivity contribution in [1.82, 2.24) is 10.3 Å². The van der Waals surface area contributed by atoms with E-state index in [0.717, 1.165) is 5.56 Å². The van der Waals surface area contributed by atoms with E-state index in [1.165, 1.54) is 0 Å². The second-order valence-electron chi connectivity index (χ2n) is 5.46. The lowest BCUT2D eigenvalue weighted by atomic mass is 10.1. The number of nitrogens with zero attached hydrogens (tertiary/aromatic N) is 1. The molecule has 0 radical (unpaired) electrons. The molecule has 1 aliphatic heterocycles. The van der Waals surface area contributed by atoms with Gasteiger partial charge in [0.05, 0.1) is 11.1 Å². The van der Waals surface area contributed by atoms with Crippen LogP contribution in [0.1, 0.15) is 30.2 Å². The summed E-state index contributed by atoms with van der Waals surface area (Å²) in [5.41, 5.74) is 1.77. The molecule has 0 saturated carbocycles. The lowest BCUT2D eigenvalue weighted by Crippen LogP contribution is -2.25. The number of rotatable bonds is 5. The fourth-order valence-corrected chi connectivity index (χ4v) is 2.75. The van der Waals surface area contributed by atoms with E-state index >= 15 is 0 Å². The van der Waals surface area contributed by atoms with Crippen LogP contribution in [-0.2, 0) is 0 Å². The summed E-state index contributed by atoms with van der Waals surface area (Å²) in [6, 6.07) is 7.48. The van der Waals surface area contributed by atoms with Gasteiger partial charge in [0.2, 0.25) is 0 Å². The van der Waals surface area contributed by atoms with Gasteiger partial charge in [-0.1, -0.05) is 17.7 Å². The van der Waals surface area contributed by atoms with E-state index in [1.807, 2.05) is 25.3 Å². The van der Waals surface area contributed by atoms with E-state index in [4.69, 9.17) is 21.1 Å². The summed E-state index contributed by atoms with van der Waals surface area (Å²) in [7, 11) is 0. The Morgan fingerprint density at radius 2 is 2.13 bits per heavy atom. The number of aliphatic hydroxyl groups excluding tert-OH is 1. The van der Waals surface area contributed by atoms with Gasteiger partial charge in [-0.2, -0.15) is 0 Å². The van der Waals surface area contributed by atoms with Crippen LogP contribution < -0.4 is 14.8 Å². The highest BCUT2D eigenvalue weighted by molar-refractivity contribution is 6.32. The van der Waals surface area contributed by atoms with Gasteiger partial charge in [0.25, 0.3) is 0 Å². The number of pyridine rings is 1. The highest BCUT2D eigenvalue weighted by atomic mass is 35.5. The van der Waals surface area contributed by atoms with Crippen LogP contribution in [0.5, 0.6) is 11.5 Å². The molecule has 3 rings (SSSR count). The molecule has 5 nitrogen and oxygen atoms in total. The molecule has 0 spiro atoms. The van der Waals surface area contributed by atoms with Gasteiger partial charge in [-0.25, -0.2) is 0 Å². The van der Waals surface area contributed by atoms with E-state index < -0.39 is 6.10 Å². The summed E-state index contributed by atoms with van der Waals surface area (Å²) in [4.78, 5) is 4.10. The van der Waals surface area contributed by atoms with Crippen molar-refractivity contribution in [1.29, 1.82) is 0 Å².